The van der Waals surface area contributed by atoms with E-state index in [-0.39, 0.29) is 12.4 Å². The summed E-state index contributed by atoms with van der Waals surface area (Å²) in [5.74, 6) is 0. The molecule has 0 aliphatic carbocycles. The Morgan fingerprint density at radius 2 is 0.696 bits per heavy atom. The standard InChI is InChI=1S/C21H21Ge.ClH/c1-4-10-19(11-5-1)16-22(17-20-12-6-2-7-13-20)18-21-14-8-3-9-15-21;/h1-15H,16-18H2;1H/q+1;/p-1. The van der Waals surface area contributed by atoms with E-state index in [1.807, 2.05) is 0 Å². The quantitative estimate of drug-likeness (QED) is 0.572. The second-order valence-electron chi connectivity index (χ2n) is 5.74. The van der Waals surface area contributed by atoms with Gasteiger partial charge in [0.25, 0.3) is 0 Å². The van der Waals surface area contributed by atoms with E-state index in [0.717, 1.165) is 0 Å². The Labute approximate surface area is 150 Å². The molecule has 3 rings (SSSR count). The van der Waals surface area contributed by atoms with Gasteiger partial charge in [-0.15, -0.1) is 0 Å². The number of halogens is 1. The van der Waals surface area contributed by atoms with Gasteiger partial charge >= 0.3 is 138 Å². The van der Waals surface area contributed by atoms with Gasteiger partial charge in [0.05, 0.1) is 0 Å². The van der Waals surface area contributed by atoms with Crippen LogP contribution in [0.15, 0.2) is 91.0 Å². The third kappa shape index (κ3) is 5.89. The molecule has 0 saturated heterocycles. The van der Waals surface area contributed by atoms with E-state index in [2.05, 4.69) is 91.0 Å². The zero-order chi connectivity index (χ0) is 15.0. The molecule has 2 heteroatoms. The molecule has 0 fully saturated rings. The van der Waals surface area contributed by atoms with E-state index >= 15 is 0 Å². The van der Waals surface area contributed by atoms with Crippen LogP contribution in [0.2, 0.25) is 0 Å². The van der Waals surface area contributed by atoms with E-state index in [1.54, 1.807) is 0 Å². The summed E-state index contributed by atoms with van der Waals surface area (Å²) in [5.41, 5.74) is 4.51. The Kier molecular flexibility index (Phi) is 7.44. The van der Waals surface area contributed by atoms with Crippen LogP contribution in [0.4, 0.5) is 0 Å². The van der Waals surface area contributed by atoms with Crippen LogP contribution in [-0.2, 0) is 15.8 Å². The van der Waals surface area contributed by atoms with Gasteiger partial charge in [-0.05, 0) is 0 Å². The predicted octanol–water partition coefficient (Wildman–Crippen LogP) is 1.83. The summed E-state index contributed by atoms with van der Waals surface area (Å²) in [6, 6.07) is 33.0. The van der Waals surface area contributed by atoms with E-state index in [4.69, 9.17) is 0 Å². The third-order valence-electron chi connectivity index (χ3n) is 3.89. The molecular formula is C21H21ClGe. The van der Waals surface area contributed by atoms with Crippen LogP contribution < -0.4 is 12.4 Å². The van der Waals surface area contributed by atoms with E-state index in [0.29, 0.717) is 0 Å². The third-order valence-corrected chi connectivity index (χ3v) is 9.61. The van der Waals surface area contributed by atoms with Gasteiger partial charge in [0.15, 0.2) is 0 Å². The van der Waals surface area contributed by atoms with Gasteiger partial charge < -0.3 is 12.4 Å². The van der Waals surface area contributed by atoms with Gasteiger partial charge in [0.1, 0.15) is 0 Å². The molecule has 0 aromatic heterocycles. The van der Waals surface area contributed by atoms with Gasteiger partial charge in [-0.25, -0.2) is 0 Å². The van der Waals surface area contributed by atoms with Crippen LogP contribution in [0.5, 0.6) is 0 Å². The topological polar surface area (TPSA) is 0 Å². The number of hydrogen-bond acceptors (Lipinski definition) is 0. The molecule has 3 aromatic carbocycles. The first-order valence-corrected chi connectivity index (χ1v) is 12.3. The van der Waals surface area contributed by atoms with Crippen LogP contribution in [0.25, 0.3) is 0 Å². The van der Waals surface area contributed by atoms with Crippen molar-refractivity contribution in [3.05, 3.63) is 108 Å². The molecule has 0 radical (unpaired) electrons. The Hall–Kier alpha value is -1.51. The molecule has 0 spiro atoms. The molecule has 0 saturated carbocycles. The monoisotopic (exact) mass is 382 g/mol. The molecule has 0 aliphatic rings. The van der Waals surface area contributed by atoms with Crippen molar-refractivity contribution in [2.75, 3.05) is 0 Å². The van der Waals surface area contributed by atoms with Crippen molar-refractivity contribution in [1.29, 1.82) is 0 Å². The number of rotatable bonds is 6. The van der Waals surface area contributed by atoms with Gasteiger partial charge in [0.2, 0.25) is 0 Å². The molecule has 0 bridgehead atoms. The molecule has 0 amide bonds. The van der Waals surface area contributed by atoms with Crippen LogP contribution in [0.1, 0.15) is 16.7 Å². The average Bonchev–Trinajstić information content (AvgIpc) is 2.57. The fraction of sp³-hybridized carbons (Fsp3) is 0.143. The first kappa shape index (κ1) is 17.8. The van der Waals surface area contributed by atoms with Crippen LogP contribution >= 0.6 is 0 Å². The predicted molar refractivity (Wildman–Crippen MR) is 96.2 cm³/mol. The summed E-state index contributed by atoms with van der Waals surface area (Å²) in [6.45, 7) is 0. The van der Waals surface area contributed by atoms with Crippen LogP contribution in [0, 0.1) is 0 Å². The maximum absolute atomic E-state index is 2.28. The van der Waals surface area contributed by atoms with Crippen LogP contribution in [0.3, 0.4) is 0 Å². The zero-order valence-electron chi connectivity index (χ0n) is 13.2. The number of hydrogen-bond donors (Lipinski definition) is 0. The molecule has 0 heterocycles. The fourth-order valence-corrected chi connectivity index (χ4v) is 8.75. The van der Waals surface area contributed by atoms with Crippen molar-refractivity contribution in [3.63, 3.8) is 0 Å². The zero-order valence-corrected chi connectivity index (χ0v) is 16.0. The molecular weight excluding hydrogens is 360 g/mol. The Morgan fingerprint density at radius 1 is 0.435 bits per heavy atom. The van der Waals surface area contributed by atoms with Crippen molar-refractivity contribution in [2.45, 2.75) is 15.8 Å². The van der Waals surface area contributed by atoms with Crippen LogP contribution in [-0.4, -0.2) is 14.3 Å². The van der Waals surface area contributed by atoms with Gasteiger partial charge in [-0.2, -0.15) is 0 Å². The summed E-state index contributed by atoms with van der Waals surface area (Å²) in [7, 11) is 0. The average molecular weight is 381 g/mol. The summed E-state index contributed by atoms with van der Waals surface area (Å²) >= 11 is -1.22. The van der Waals surface area contributed by atoms with Crippen molar-refractivity contribution >= 4 is 14.3 Å². The molecule has 0 aliphatic heterocycles. The Balaban J connectivity index is 0.00000192. The SMILES string of the molecule is [Cl-].c1ccc([CH2][Ge+]([CH2]c2ccccc2)[CH2]c2ccccc2)cc1. The maximum atomic E-state index is 2.28. The van der Waals surface area contributed by atoms with Gasteiger partial charge in [-0.3, -0.25) is 0 Å². The van der Waals surface area contributed by atoms with Gasteiger partial charge in [-0.1, -0.05) is 0 Å². The molecule has 0 unspecified atom stereocenters. The first-order chi connectivity index (χ1) is 10.9. The minimum atomic E-state index is -1.22. The Bertz CT molecular complexity index is 569. The molecule has 3 aromatic rings. The van der Waals surface area contributed by atoms with E-state index in [9.17, 15) is 0 Å². The minimum absolute atomic E-state index is 0. The second kappa shape index (κ2) is 9.59. The summed E-state index contributed by atoms with van der Waals surface area (Å²) < 4.78 is 0. The number of benzene rings is 3. The summed E-state index contributed by atoms with van der Waals surface area (Å²) in [6.07, 6.45) is 0. The van der Waals surface area contributed by atoms with E-state index < -0.39 is 14.3 Å². The van der Waals surface area contributed by atoms with E-state index in [1.165, 1.54) is 32.5 Å². The molecule has 116 valence electrons. The van der Waals surface area contributed by atoms with Crippen molar-refractivity contribution in [2.24, 2.45) is 0 Å². The molecule has 0 nitrogen and oxygen atoms in total. The molecule has 0 N–H and O–H groups in total. The summed E-state index contributed by atoms with van der Waals surface area (Å²) in [4.78, 5) is 0. The molecule has 0 atom stereocenters. The van der Waals surface area contributed by atoms with Crippen molar-refractivity contribution in [3.8, 4) is 0 Å². The fourth-order valence-electron chi connectivity index (χ4n) is 2.84. The second-order valence-corrected chi connectivity index (χ2v) is 11.1. The summed E-state index contributed by atoms with van der Waals surface area (Å²) in [5, 5.41) is 3.89. The van der Waals surface area contributed by atoms with Gasteiger partial charge in [0, 0.05) is 0 Å². The normalized spacial score (nSPS) is 9.91. The molecule has 23 heavy (non-hydrogen) atoms. The first-order valence-electron chi connectivity index (χ1n) is 7.85. The van der Waals surface area contributed by atoms with Crippen molar-refractivity contribution < 1.29 is 12.4 Å². The Morgan fingerprint density at radius 3 is 0.957 bits per heavy atom. The van der Waals surface area contributed by atoms with Crippen molar-refractivity contribution in [1.82, 2.24) is 0 Å².